The van der Waals surface area contributed by atoms with Crippen molar-refractivity contribution in [3.8, 4) is 5.75 Å². The van der Waals surface area contributed by atoms with Gasteiger partial charge in [-0.1, -0.05) is 29.5 Å². The van der Waals surface area contributed by atoms with Crippen LogP contribution in [0, 0.1) is 0 Å². The number of nitrogens with one attached hydrogen (secondary N) is 1. The van der Waals surface area contributed by atoms with E-state index >= 15 is 0 Å². The van der Waals surface area contributed by atoms with Crippen LogP contribution in [-0.2, 0) is 17.6 Å². The van der Waals surface area contributed by atoms with Gasteiger partial charge in [0.15, 0.2) is 11.9 Å². The molecule has 0 aliphatic rings. The van der Waals surface area contributed by atoms with Crippen LogP contribution in [0.5, 0.6) is 5.75 Å². The number of ether oxygens (including phenoxy) is 2. The molecule has 38 heavy (non-hydrogen) atoms. The van der Waals surface area contributed by atoms with Crippen LogP contribution in [0.15, 0.2) is 60.8 Å². The van der Waals surface area contributed by atoms with Gasteiger partial charge < -0.3 is 14.4 Å². The highest BCUT2D eigenvalue weighted by atomic mass is 32.1. The number of benzene rings is 2. The van der Waals surface area contributed by atoms with Gasteiger partial charge in [-0.05, 0) is 67.3 Å². The first-order valence-corrected chi connectivity index (χ1v) is 13.1. The Bertz CT molecular complexity index is 1390. The number of nitrogens with zero attached hydrogens (tertiary/aromatic N) is 4. The molecule has 4 aromatic rings. The Morgan fingerprint density at radius 1 is 0.974 bits per heavy atom. The monoisotopic (exact) mass is 533 g/mol. The second-order valence-corrected chi connectivity index (χ2v) is 9.84. The summed E-state index contributed by atoms with van der Waals surface area (Å²) >= 11 is 1.37. The number of carbonyl (C=O) groups excluding carboxylic acids is 2. The predicted molar refractivity (Wildman–Crippen MR) is 150 cm³/mol. The van der Waals surface area contributed by atoms with E-state index < -0.39 is 0 Å². The first kappa shape index (κ1) is 27.0. The van der Waals surface area contributed by atoms with E-state index in [-0.39, 0.29) is 18.7 Å². The summed E-state index contributed by atoms with van der Waals surface area (Å²) in [5.74, 6) is 0.378. The quantitative estimate of drug-likeness (QED) is 0.222. The van der Waals surface area contributed by atoms with Crippen molar-refractivity contribution >= 4 is 44.3 Å². The van der Waals surface area contributed by atoms with Gasteiger partial charge in [-0.3, -0.25) is 20.0 Å². The van der Waals surface area contributed by atoms with Crippen LogP contribution in [0.2, 0.25) is 0 Å². The SMILES string of the molecule is CCOCOc1ccc2nc(NC(=O)c3ccc(CCc4ccc(N(C)C(=O)N(C)C)cc4)cn3)sc2c1. The average Bonchev–Trinajstić information content (AvgIpc) is 3.33. The Kier molecular flexibility index (Phi) is 8.88. The van der Waals surface area contributed by atoms with E-state index in [1.165, 1.54) is 11.3 Å². The number of anilines is 2. The Morgan fingerprint density at radius 2 is 1.71 bits per heavy atom. The molecule has 0 bridgehead atoms. The lowest BCUT2D eigenvalue weighted by Crippen LogP contribution is -2.36. The first-order valence-electron chi connectivity index (χ1n) is 12.3. The highest BCUT2D eigenvalue weighted by molar-refractivity contribution is 7.22. The molecule has 2 heterocycles. The molecule has 2 aromatic heterocycles. The number of hydrogen-bond donors (Lipinski definition) is 1. The lowest BCUT2D eigenvalue weighted by molar-refractivity contribution is 0.0225. The van der Waals surface area contributed by atoms with Crippen LogP contribution in [0.4, 0.5) is 15.6 Å². The molecule has 0 spiro atoms. The number of aryl methyl sites for hydroxylation is 2. The number of aromatic nitrogens is 2. The molecule has 0 radical (unpaired) electrons. The number of carbonyl (C=O) groups is 2. The number of thiazole rings is 1. The second-order valence-electron chi connectivity index (χ2n) is 8.81. The summed E-state index contributed by atoms with van der Waals surface area (Å²) in [5, 5.41) is 3.33. The molecule has 0 unspecified atom stereocenters. The third kappa shape index (κ3) is 6.84. The zero-order chi connectivity index (χ0) is 27.1. The Morgan fingerprint density at radius 3 is 2.39 bits per heavy atom. The zero-order valence-electron chi connectivity index (χ0n) is 21.9. The molecule has 0 fully saturated rings. The van der Waals surface area contributed by atoms with E-state index in [1.807, 2.05) is 55.5 Å². The molecule has 0 aliphatic carbocycles. The number of hydrogen-bond acceptors (Lipinski definition) is 7. The summed E-state index contributed by atoms with van der Waals surface area (Å²) in [5.41, 5.74) is 4.13. The highest BCUT2D eigenvalue weighted by Gasteiger charge is 2.13. The minimum Gasteiger partial charge on any atom is -0.468 e. The molecule has 198 valence electrons. The maximum Gasteiger partial charge on any atom is 0.323 e. The molecule has 0 aliphatic heterocycles. The lowest BCUT2D eigenvalue weighted by atomic mass is 10.1. The van der Waals surface area contributed by atoms with Crippen molar-refractivity contribution < 1.29 is 19.1 Å². The van der Waals surface area contributed by atoms with Gasteiger partial charge in [0, 0.05) is 39.6 Å². The highest BCUT2D eigenvalue weighted by Crippen LogP contribution is 2.29. The van der Waals surface area contributed by atoms with E-state index in [0.717, 1.165) is 39.9 Å². The summed E-state index contributed by atoms with van der Waals surface area (Å²) in [7, 11) is 5.22. The summed E-state index contributed by atoms with van der Waals surface area (Å²) in [6, 6.07) is 17.1. The van der Waals surface area contributed by atoms with Gasteiger partial charge in [0.1, 0.15) is 11.4 Å². The number of urea groups is 1. The molecule has 10 heteroatoms. The number of amides is 3. The molecule has 0 saturated heterocycles. The van der Waals surface area contributed by atoms with Gasteiger partial charge in [0.25, 0.3) is 5.91 Å². The van der Waals surface area contributed by atoms with Crippen LogP contribution in [0.1, 0.15) is 28.5 Å². The smallest absolute Gasteiger partial charge is 0.323 e. The zero-order valence-corrected chi connectivity index (χ0v) is 22.7. The third-order valence-electron chi connectivity index (χ3n) is 5.85. The van der Waals surface area contributed by atoms with Crippen molar-refractivity contribution in [1.29, 1.82) is 0 Å². The maximum absolute atomic E-state index is 12.7. The normalized spacial score (nSPS) is 10.8. The van der Waals surface area contributed by atoms with Crippen LogP contribution in [0.3, 0.4) is 0 Å². The first-order chi connectivity index (χ1) is 18.3. The fraction of sp³-hybridized carbons (Fsp3) is 0.286. The predicted octanol–water partition coefficient (Wildman–Crippen LogP) is 5.22. The summed E-state index contributed by atoms with van der Waals surface area (Å²) < 4.78 is 11.7. The molecule has 1 N–H and O–H groups in total. The Balaban J connectivity index is 1.31. The van der Waals surface area contributed by atoms with E-state index in [9.17, 15) is 9.59 Å². The Hall–Kier alpha value is -4.02. The van der Waals surface area contributed by atoms with Gasteiger partial charge >= 0.3 is 6.03 Å². The standard InChI is InChI=1S/C28H31N5O4S/c1-5-36-18-37-22-13-15-23-25(16-22)38-27(30-23)31-26(34)24-14-10-20(17-29-24)7-6-19-8-11-21(12-9-19)33(4)28(35)32(2)3/h8-17H,5-7,18H2,1-4H3,(H,30,31,34). The minimum absolute atomic E-state index is 0.0758. The van der Waals surface area contributed by atoms with Crippen molar-refractivity contribution in [3.63, 3.8) is 0 Å². The van der Waals surface area contributed by atoms with Crippen molar-refractivity contribution in [2.45, 2.75) is 19.8 Å². The van der Waals surface area contributed by atoms with Gasteiger partial charge in [0.2, 0.25) is 0 Å². The van der Waals surface area contributed by atoms with Crippen LogP contribution in [0.25, 0.3) is 10.2 Å². The fourth-order valence-corrected chi connectivity index (χ4v) is 4.58. The van der Waals surface area contributed by atoms with Gasteiger partial charge in [-0.25, -0.2) is 9.78 Å². The van der Waals surface area contributed by atoms with Crippen LogP contribution < -0.4 is 15.0 Å². The topological polar surface area (TPSA) is 96.9 Å². The summed E-state index contributed by atoms with van der Waals surface area (Å²) in [6.07, 6.45) is 3.33. The van der Waals surface area contributed by atoms with Crippen molar-refractivity contribution in [1.82, 2.24) is 14.9 Å². The van der Waals surface area contributed by atoms with Crippen LogP contribution in [-0.4, -0.2) is 61.3 Å². The largest absolute Gasteiger partial charge is 0.468 e. The molecule has 4 rings (SSSR count). The molecule has 0 saturated carbocycles. The minimum atomic E-state index is -0.310. The number of fused-ring (bicyclic) bond motifs is 1. The van der Waals surface area contributed by atoms with E-state index in [0.29, 0.717) is 23.2 Å². The maximum atomic E-state index is 12.7. The van der Waals surface area contributed by atoms with Crippen LogP contribution >= 0.6 is 11.3 Å². The summed E-state index contributed by atoms with van der Waals surface area (Å²) in [4.78, 5) is 36.8. The molecule has 9 nitrogen and oxygen atoms in total. The van der Waals surface area contributed by atoms with E-state index in [1.54, 1.807) is 43.2 Å². The summed E-state index contributed by atoms with van der Waals surface area (Å²) in [6.45, 7) is 2.68. The molecule has 0 atom stereocenters. The van der Waals surface area contributed by atoms with E-state index in [2.05, 4.69) is 15.3 Å². The molecular formula is C28H31N5O4S. The second kappa shape index (κ2) is 12.5. The third-order valence-corrected chi connectivity index (χ3v) is 6.78. The molecular weight excluding hydrogens is 502 g/mol. The molecule has 3 amide bonds. The van der Waals surface area contributed by atoms with Gasteiger partial charge in [-0.2, -0.15) is 0 Å². The lowest BCUT2D eigenvalue weighted by Gasteiger charge is -2.22. The van der Waals surface area contributed by atoms with Gasteiger partial charge in [0.05, 0.1) is 10.2 Å². The van der Waals surface area contributed by atoms with Crippen molar-refractivity contribution in [2.75, 3.05) is 44.8 Å². The number of pyridine rings is 1. The van der Waals surface area contributed by atoms with Crippen molar-refractivity contribution in [3.05, 3.63) is 77.6 Å². The molecule has 2 aromatic carbocycles. The number of rotatable bonds is 10. The Labute approximate surface area is 226 Å². The van der Waals surface area contributed by atoms with E-state index in [4.69, 9.17) is 9.47 Å². The van der Waals surface area contributed by atoms with Gasteiger partial charge in [-0.15, -0.1) is 0 Å². The van der Waals surface area contributed by atoms with Crippen molar-refractivity contribution in [2.24, 2.45) is 0 Å². The average molecular weight is 534 g/mol. The fourth-order valence-electron chi connectivity index (χ4n) is 3.69.